The van der Waals surface area contributed by atoms with E-state index in [0.29, 0.717) is 19.6 Å². The Labute approximate surface area is 153 Å². The van der Waals surface area contributed by atoms with Gasteiger partial charge in [0.15, 0.2) is 0 Å². The maximum absolute atomic E-state index is 13.2. The molecule has 2 amide bonds. The van der Waals surface area contributed by atoms with Crippen LogP contribution in [0.5, 0.6) is 5.75 Å². The molecule has 3 heterocycles. The van der Waals surface area contributed by atoms with Crippen LogP contribution in [0.4, 0.5) is 0 Å². The normalized spacial score (nSPS) is 31.4. The van der Waals surface area contributed by atoms with Crippen LogP contribution < -0.4 is 4.74 Å². The van der Waals surface area contributed by atoms with E-state index in [2.05, 4.69) is 0 Å². The highest BCUT2D eigenvalue weighted by Crippen LogP contribution is 2.52. The Balaban J connectivity index is 1.59. The molecule has 6 heteroatoms. The fourth-order valence-corrected chi connectivity index (χ4v) is 4.40. The number of rotatable bonds is 5. The van der Waals surface area contributed by atoms with Crippen molar-refractivity contribution in [2.45, 2.75) is 25.2 Å². The Kier molecular flexibility index (Phi) is 4.03. The van der Waals surface area contributed by atoms with Crippen LogP contribution in [0.2, 0.25) is 0 Å². The molecule has 3 aliphatic rings. The largest absolute Gasteiger partial charge is 0.497 e. The van der Waals surface area contributed by atoms with Crippen LogP contribution in [-0.2, 0) is 20.9 Å². The van der Waals surface area contributed by atoms with Crippen LogP contribution in [-0.4, -0.2) is 60.6 Å². The number of nitrogens with zero attached hydrogens (tertiary/aromatic N) is 2. The number of benzene rings is 1. The number of carbonyl (C=O) groups is 2. The summed E-state index contributed by atoms with van der Waals surface area (Å²) in [6.07, 6.45) is 3.65. The lowest BCUT2D eigenvalue weighted by Crippen LogP contribution is -2.44. The molecule has 6 nitrogen and oxygen atoms in total. The van der Waals surface area contributed by atoms with E-state index in [0.717, 1.165) is 11.3 Å². The Morgan fingerprint density at radius 3 is 3.00 bits per heavy atom. The second-order valence-electron chi connectivity index (χ2n) is 7.30. The molecule has 4 rings (SSSR count). The third-order valence-corrected chi connectivity index (χ3v) is 5.82. The van der Waals surface area contributed by atoms with Gasteiger partial charge in [-0.25, -0.2) is 0 Å². The quantitative estimate of drug-likeness (QED) is 0.750. The van der Waals surface area contributed by atoms with Crippen molar-refractivity contribution < 1.29 is 19.1 Å². The molecule has 2 saturated heterocycles. The zero-order valence-corrected chi connectivity index (χ0v) is 15.3. The van der Waals surface area contributed by atoms with Gasteiger partial charge < -0.3 is 19.3 Å². The average molecular weight is 356 g/mol. The summed E-state index contributed by atoms with van der Waals surface area (Å²) in [5, 5.41) is 0. The SMILES string of the molecule is CCN(C)C(=O)[C@@H]1[C@@H]2C=C[C@@]3(CN(Cc4cccc(OC)c4)C(=O)[C@@H]13)O2. The maximum Gasteiger partial charge on any atom is 0.230 e. The van der Waals surface area contributed by atoms with Gasteiger partial charge in [0.05, 0.1) is 31.6 Å². The average Bonchev–Trinajstić information content (AvgIpc) is 3.29. The van der Waals surface area contributed by atoms with E-state index in [-0.39, 0.29) is 17.9 Å². The van der Waals surface area contributed by atoms with Crippen molar-refractivity contribution in [1.82, 2.24) is 9.80 Å². The zero-order chi connectivity index (χ0) is 18.5. The first kappa shape index (κ1) is 17.1. The van der Waals surface area contributed by atoms with Crippen molar-refractivity contribution in [3.63, 3.8) is 0 Å². The van der Waals surface area contributed by atoms with E-state index in [9.17, 15) is 9.59 Å². The zero-order valence-electron chi connectivity index (χ0n) is 15.3. The van der Waals surface area contributed by atoms with Crippen molar-refractivity contribution in [2.75, 3.05) is 27.2 Å². The van der Waals surface area contributed by atoms with E-state index < -0.39 is 17.4 Å². The van der Waals surface area contributed by atoms with Gasteiger partial charge in [0, 0.05) is 20.1 Å². The molecule has 0 N–H and O–H groups in total. The van der Waals surface area contributed by atoms with Crippen LogP contribution in [0.1, 0.15) is 12.5 Å². The van der Waals surface area contributed by atoms with Gasteiger partial charge in [0.1, 0.15) is 11.4 Å². The molecule has 2 bridgehead atoms. The van der Waals surface area contributed by atoms with Crippen molar-refractivity contribution in [1.29, 1.82) is 0 Å². The summed E-state index contributed by atoms with van der Waals surface area (Å²) in [5.74, 6) is -0.0904. The smallest absolute Gasteiger partial charge is 0.230 e. The molecule has 1 aromatic rings. The number of ether oxygens (including phenoxy) is 2. The number of likely N-dealkylation sites (tertiary alicyclic amines) is 1. The summed E-state index contributed by atoms with van der Waals surface area (Å²) >= 11 is 0. The van der Waals surface area contributed by atoms with Crippen molar-refractivity contribution in [2.24, 2.45) is 11.8 Å². The van der Waals surface area contributed by atoms with E-state index in [1.165, 1.54) is 0 Å². The molecule has 0 saturated carbocycles. The van der Waals surface area contributed by atoms with Crippen LogP contribution in [0.25, 0.3) is 0 Å². The highest BCUT2D eigenvalue weighted by atomic mass is 16.5. The fourth-order valence-electron chi connectivity index (χ4n) is 4.40. The molecule has 2 fully saturated rings. The van der Waals surface area contributed by atoms with Crippen LogP contribution in [0.3, 0.4) is 0 Å². The van der Waals surface area contributed by atoms with Crippen LogP contribution in [0.15, 0.2) is 36.4 Å². The Morgan fingerprint density at radius 1 is 1.46 bits per heavy atom. The molecule has 26 heavy (non-hydrogen) atoms. The molecule has 0 aliphatic carbocycles. The highest BCUT2D eigenvalue weighted by molar-refractivity contribution is 5.93. The van der Waals surface area contributed by atoms with Crippen molar-refractivity contribution in [3.8, 4) is 5.75 Å². The summed E-state index contributed by atoms with van der Waals surface area (Å²) in [5.41, 5.74) is 0.344. The summed E-state index contributed by atoms with van der Waals surface area (Å²) < 4.78 is 11.4. The first-order valence-electron chi connectivity index (χ1n) is 9.03. The molecular weight excluding hydrogens is 332 g/mol. The predicted octanol–water partition coefficient (Wildman–Crippen LogP) is 1.46. The summed E-state index contributed by atoms with van der Waals surface area (Å²) in [4.78, 5) is 29.5. The molecule has 0 unspecified atom stereocenters. The Morgan fingerprint density at radius 2 is 2.27 bits per heavy atom. The summed E-state index contributed by atoms with van der Waals surface area (Å²) in [6.45, 7) is 3.53. The molecule has 0 aromatic heterocycles. The Hall–Kier alpha value is -2.34. The van der Waals surface area contributed by atoms with Gasteiger partial charge in [-0.2, -0.15) is 0 Å². The minimum Gasteiger partial charge on any atom is -0.497 e. The van der Waals surface area contributed by atoms with Gasteiger partial charge in [-0.1, -0.05) is 24.3 Å². The monoisotopic (exact) mass is 356 g/mol. The molecule has 4 atom stereocenters. The van der Waals surface area contributed by atoms with Crippen molar-refractivity contribution in [3.05, 3.63) is 42.0 Å². The van der Waals surface area contributed by atoms with Gasteiger partial charge in [-0.05, 0) is 24.6 Å². The van der Waals surface area contributed by atoms with Crippen LogP contribution >= 0.6 is 0 Å². The molecule has 1 spiro atoms. The number of amides is 2. The fraction of sp³-hybridized carbons (Fsp3) is 0.500. The second-order valence-corrected chi connectivity index (χ2v) is 7.30. The van der Waals surface area contributed by atoms with Gasteiger partial charge in [-0.3, -0.25) is 9.59 Å². The predicted molar refractivity (Wildman–Crippen MR) is 95.4 cm³/mol. The van der Waals surface area contributed by atoms with Gasteiger partial charge in [0.2, 0.25) is 11.8 Å². The molecular formula is C20H24N2O4. The highest BCUT2D eigenvalue weighted by Gasteiger charge is 2.66. The van der Waals surface area contributed by atoms with Gasteiger partial charge in [-0.15, -0.1) is 0 Å². The van der Waals surface area contributed by atoms with E-state index in [1.807, 2.05) is 43.3 Å². The number of methoxy groups -OCH3 is 1. The van der Waals surface area contributed by atoms with E-state index >= 15 is 0 Å². The lowest BCUT2D eigenvalue weighted by atomic mass is 9.76. The lowest BCUT2D eigenvalue weighted by molar-refractivity contribution is -0.142. The number of hydrogen-bond acceptors (Lipinski definition) is 4. The minimum atomic E-state index is -0.657. The lowest BCUT2D eigenvalue weighted by Gasteiger charge is -2.27. The Bertz CT molecular complexity index is 777. The minimum absolute atomic E-state index is 0.00234. The molecule has 1 aromatic carbocycles. The third-order valence-electron chi connectivity index (χ3n) is 5.82. The first-order valence-corrected chi connectivity index (χ1v) is 9.03. The molecule has 0 radical (unpaired) electrons. The van der Waals surface area contributed by atoms with Gasteiger partial charge >= 0.3 is 0 Å². The van der Waals surface area contributed by atoms with Gasteiger partial charge in [0.25, 0.3) is 0 Å². The first-order chi connectivity index (χ1) is 12.5. The topological polar surface area (TPSA) is 59.1 Å². The second kappa shape index (κ2) is 6.13. The molecule has 3 aliphatic heterocycles. The number of fused-ring (bicyclic) bond motifs is 1. The third kappa shape index (κ3) is 2.43. The summed E-state index contributed by atoms with van der Waals surface area (Å²) in [6, 6.07) is 7.70. The van der Waals surface area contributed by atoms with Crippen LogP contribution in [0, 0.1) is 11.8 Å². The summed E-state index contributed by atoms with van der Waals surface area (Å²) in [7, 11) is 3.40. The maximum atomic E-state index is 13.2. The van der Waals surface area contributed by atoms with E-state index in [1.54, 1.807) is 24.0 Å². The standard InChI is InChI=1S/C20H24N2O4/c1-4-21(2)18(23)16-15-8-9-20(26-15)12-22(19(24)17(16)20)11-13-6-5-7-14(10-13)25-3/h5-10,15-17H,4,11-12H2,1-3H3/t15-,16+,17+,20-/m0/s1. The van der Waals surface area contributed by atoms with E-state index in [4.69, 9.17) is 9.47 Å². The number of hydrogen-bond donors (Lipinski definition) is 0. The molecule has 138 valence electrons. The number of carbonyl (C=O) groups excluding carboxylic acids is 2. The van der Waals surface area contributed by atoms with Crippen molar-refractivity contribution >= 4 is 11.8 Å².